The van der Waals surface area contributed by atoms with Crippen LogP contribution in [0.15, 0.2) is 36.5 Å². The third-order valence-electron chi connectivity index (χ3n) is 4.17. The highest BCUT2D eigenvalue weighted by Gasteiger charge is 2.17. The molecule has 1 aliphatic carbocycles. The molecule has 0 spiro atoms. The lowest BCUT2D eigenvalue weighted by Gasteiger charge is -2.09. The Balaban J connectivity index is 1.52. The van der Waals surface area contributed by atoms with Crippen LogP contribution in [0.3, 0.4) is 0 Å². The Morgan fingerprint density at radius 1 is 1.27 bits per heavy atom. The van der Waals surface area contributed by atoms with E-state index in [1.807, 2.05) is 6.07 Å². The van der Waals surface area contributed by atoms with Crippen LogP contribution in [0.1, 0.15) is 53.3 Å². The minimum Gasteiger partial charge on any atom is -0.478 e. The van der Waals surface area contributed by atoms with E-state index in [2.05, 4.69) is 27.4 Å². The minimum absolute atomic E-state index is 0.324. The van der Waals surface area contributed by atoms with Gasteiger partial charge in [0.25, 0.3) is 0 Å². The van der Waals surface area contributed by atoms with Crippen LogP contribution in [0.25, 0.3) is 0 Å². The Hall–Kier alpha value is -2.14. The first-order chi connectivity index (χ1) is 10.7. The largest absolute Gasteiger partial charge is 0.478 e. The third-order valence-corrected chi connectivity index (χ3v) is 4.17. The van der Waals surface area contributed by atoms with E-state index in [4.69, 9.17) is 5.11 Å². The second-order valence-electron chi connectivity index (χ2n) is 5.83. The molecule has 1 aromatic heterocycles. The Labute approximate surface area is 130 Å². The van der Waals surface area contributed by atoms with Crippen molar-refractivity contribution >= 4 is 5.97 Å². The van der Waals surface area contributed by atoms with Gasteiger partial charge >= 0.3 is 5.97 Å². The predicted octanol–water partition coefficient (Wildman–Crippen LogP) is 2.99. The second-order valence-corrected chi connectivity index (χ2v) is 5.83. The van der Waals surface area contributed by atoms with Crippen LogP contribution in [0.4, 0.5) is 0 Å². The van der Waals surface area contributed by atoms with Crippen LogP contribution in [-0.2, 0) is 13.1 Å². The Morgan fingerprint density at radius 3 is 2.86 bits per heavy atom. The topological polar surface area (TPSA) is 67.2 Å². The van der Waals surface area contributed by atoms with Crippen molar-refractivity contribution in [2.45, 2.75) is 44.8 Å². The lowest BCUT2D eigenvalue weighted by Crippen LogP contribution is -2.14. The van der Waals surface area contributed by atoms with E-state index in [1.54, 1.807) is 18.2 Å². The van der Waals surface area contributed by atoms with Crippen molar-refractivity contribution in [3.63, 3.8) is 0 Å². The number of carbonyl (C=O) groups is 1. The molecule has 1 aromatic carbocycles. The smallest absolute Gasteiger partial charge is 0.335 e. The lowest BCUT2D eigenvalue weighted by atomic mass is 10.1. The Kier molecular flexibility index (Phi) is 4.53. The van der Waals surface area contributed by atoms with Crippen molar-refractivity contribution in [3.05, 3.63) is 53.3 Å². The number of rotatable bonds is 6. The molecule has 0 saturated heterocycles. The van der Waals surface area contributed by atoms with E-state index >= 15 is 0 Å². The molecule has 2 N–H and O–H groups in total. The van der Waals surface area contributed by atoms with Crippen LogP contribution < -0.4 is 5.32 Å². The molecule has 5 nitrogen and oxygen atoms in total. The third kappa shape index (κ3) is 3.54. The summed E-state index contributed by atoms with van der Waals surface area (Å²) in [5.74, 6) is -0.892. The number of nitrogens with zero attached hydrogens (tertiary/aromatic N) is 2. The van der Waals surface area contributed by atoms with Gasteiger partial charge in [-0.25, -0.2) is 4.79 Å². The van der Waals surface area contributed by atoms with Gasteiger partial charge in [0.2, 0.25) is 0 Å². The summed E-state index contributed by atoms with van der Waals surface area (Å²) in [6.07, 6.45) is 7.14. The number of carboxylic acids is 1. The van der Waals surface area contributed by atoms with Crippen LogP contribution >= 0.6 is 0 Å². The molecule has 0 unspecified atom stereocenters. The van der Waals surface area contributed by atoms with Gasteiger partial charge in [-0.05, 0) is 36.6 Å². The summed E-state index contributed by atoms with van der Waals surface area (Å²) in [5, 5.41) is 16.9. The predicted molar refractivity (Wildman–Crippen MR) is 83.7 cm³/mol. The first-order valence-corrected chi connectivity index (χ1v) is 7.79. The summed E-state index contributed by atoms with van der Waals surface area (Å²) in [6.45, 7) is 1.33. The number of hydrogen-bond donors (Lipinski definition) is 2. The van der Waals surface area contributed by atoms with Gasteiger partial charge in [-0.1, -0.05) is 25.0 Å². The number of nitrogens with one attached hydrogen (secondary N) is 1. The van der Waals surface area contributed by atoms with Crippen molar-refractivity contribution in [2.24, 2.45) is 0 Å². The molecule has 0 aliphatic heterocycles. The zero-order valence-corrected chi connectivity index (χ0v) is 12.5. The highest BCUT2D eigenvalue weighted by molar-refractivity contribution is 5.87. The molecule has 1 fully saturated rings. The van der Waals surface area contributed by atoms with Crippen molar-refractivity contribution < 1.29 is 9.90 Å². The summed E-state index contributed by atoms with van der Waals surface area (Å²) < 4.78 is 2.09. The Morgan fingerprint density at radius 2 is 2.09 bits per heavy atom. The molecule has 1 saturated carbocycles. The molecule has 3 rings (SSSR count). The Bertz CT molecular complexity index is 645. The summed E-state index contributed by atoms with van der Waals surface area (Å²) in [7, 11) is 0. The zero-order chi connectivity index (χ0) is 15.4. The quantitative estimate of drug-likeness (QED) is 0.860. The number of aromatic carboxylic acids is 1. The molecular formula is C17H21N3O2. The summed E-state index contributed by atoms with van der Waals surface area (Å²) >= 11 is 0. The molecule has 22 heavy (non-hydrogen) atoms. The van der Waals surface area contributed by atoms with Crippen molar-refractivity contribution in [3.8, 4) is 0 Å². The first kappa shape index (κ1) is 14.8. The van der Waals surface area contributed by atoms with Gasteiger partial charge in [0.15, 0.2) is 0 Å². The summed E-state index contributed by atoms with van der Waals surface area (Å²) in [6, 6.07) is 9.63. The normalized spacial score (nSPS) is 15.3. The van der Waals surface area contributed by atoms with Crippen LogP contribution in [0.5, 0.6) is 0 Å². The summed E-state index contributed by atoms with van der Waals surface area (Å²) in [4.78, 5) is 10.9. The molecule has 0 radical (unpaired) electrons. The fraction of sp³-hybridized carbons (Fsp3) is 0.412. The monoisotopic (exact) mass is 299 g/mol. The fourth-order valence-corrected chi connectivity index (χ4v) is 2.99. The van der Waals surface area contributed by atoms with E-state index < -0.39 is 5.97 Å². The number of carboxylic acid groups (broad SMARTS) is 1. The molecular weight excluding hydrogens is 278 g/mol. The molecule has 0 amide bonds. The van der Waals surface area contributed by atoms with Crippen molar-refractivity contribution in [1.82, 2.24) is 15.1 Å². The van der Waals surface area contributed by atoms with E-state index in [9.17, 15) is 4.79 Å². The molecule has 116 valence electrons. The molecule has 0 atom stereocenters. The van der Waals surface area contributed by atoms with Gasteiger partial charge in [-0.3, -0.25) is 4.68 Å². The minimum atomic E-state index is -0.892. The molecule has 1 heterocycles. The average Bonchev–Trinajstić information content (AvgIpc) is 3.18. The number of aromatic nitrogens is 2. The molecule has 5 heteroatoms. The van der Waals surface area contributed by atoms with Crippen molar-refractivity contribution in [1.29, 1.82) is 0 Å². The van der Waals surface area contributed by atoms with Crippen LogP contribution in [-0.4, -0.2) is 20.9 Å². The number of hydrogen-bond acceptors (Lipinski definition) is 3. The van der Waals surface area contributed by atoms with E-state index in [-0.39, 0.29) is 0 Å². The van der Waals surface area contributed by atoms with E-state index in [0.29, 0.717) is 24.7 Å². The average molecular weight is 299 g/mol. The van der Waals surface area contributed by atoms with Crippen LogP contribution in [0, 0.1) is 0 Å². The number of benzene rings is 1. The standard InChI is InChI=1S/C17H21N3O2/c21-17(22)14-5-3-4-13(10-14)11-18-12-15-8-9-20(19-15)16-6-1-2-7-16/h3-5,8-10,16,18H,1-2,6-7,11-12H2,(H,21,22). The maximum atomic E-state index is 10.9. The SMILES string of the molecule is O=C(O)c1cccc(CNCc2ccn(C3CCCC3)n2)c1. The molecule has 2 aromatic rings. The summed E-state index contributed by atoms with van der Waals surface area (Å²) in [5.41, 5.74) is 2.32. The maximum absolute atomic E-state index is 10.9. The van der Waals surface area contributed by atoms with Crippen molar-refractivity contribution in [2.75, 3.05) is 0 Å². The lowest BCUT2D eigenvalue weighted by molar-refractivity contribution is 0.0696. The van der Waals surface area contributed by atoms with Gasteiger partial charge in [0, 0.05) is 19.3 Å². The highest BCUT2D eigenvalue weighted by Crippen LogP contribution is 2.28. The van der Waals surface area contributed by atoms with Gasteiger partial charge in [-0.2, -0.15) is 5.10 Å². The van der Waals surface area contributed by atoms with E-state index in [1.165, 1.54) is 25.7 Å². The first-order valence-electron chi connectivity index (χ1n) is 7.79. The van der Waals surface area contributed by atoms with Gasteiger partial charge in [-0.15, -0.1) is 0 Å². The second kappa shape index (κ2) is 6.75. The fourth-order valence-electron chi connectivity index (χ4n) is 2.99. The van der Waals surface area contributed by atoms with E-state index in [0.717, 1.165) is 11.3 Å². The van der Waals surface area contributed by atoms with Gasteiger partial charge in [0.05, 0.1) is 17.3 Å². The van der Waals surface area contributed by atoms with Gasteiger partial charge in [0.1, 0.15) is 0 Å². The van der Waals surface area contributed by atoms with Gasteiger partial charge < -0.3 is 10.4 Å². The maximum Gasteiger partial charge on any atom is 0.335 e. The molecule has 0 bridgehead atoms. The highest BCUT2D eigenvalue weighted by atomic mass is 16.4. The molecule has 1 aliphatic rings. The van der Waals surface area contributed by atoms with Crippen LogP contribution in [0.2, 0.25) is 0 Å². The zero-order valence-electron chi connectivity index (χ0n) is 12.5.